The Bertz CT molecular complexity index is 1020. The van der Waals surface area contributed by atoms with Gasteiger partial charge in [0.2, 0.25) is 5.91 Å². The van der Waals surface area contributed by atoms with Crippen LogP contribution in [-0.2, 0) is 11.2 Å². The molecule has 0 aliphatic carbocycles. The highest BCUT2D eigenvalue weighted by Crippen LogP contribution is 2.35. The first-order valence-electron chi connectivity index (χ1n) is 10.7. The molecule has 156 valence electrons. The molecule has 0 atom stereocenters. The minimum atomic E-state index is 0.109. The quantitative estimate of drug-likeness (QED) is 0.619. The predicted octanol–water partition coefficient (Wildman–Crippen LogP) is 4.22. The Morgan fingerprint density at radius 2 is 1.90 bits per heavy atom. The molecule has 1 amide bonds. The molecule has 5 nitrogen and oxygen atoms in total. The van der Waals surface area contributed by atoms with Gasteiger partial charge in [0.15, 0.2) is 5.13 Å². The summed E-state index contributed by atoms with van der Waals surface area (Å²) in [6.07, 6.45) is 3.34. The van der Waals surface area contributed by atoms with Crippen molar-refractivity contribution in [3.05, 3.63) is 54.1 Å². The van der Waals surface area contributed by atoms with Crippen molar-refractivity contribution in [1.82, 2.24) is 9.88 Å². The highest BCUT2D eigenvalue weighted by atomic mass is 32.1. The number of ether oxygens (including phenoxy) is 1. The first kappa shape index (κ1) is 19.4. The van der Waals surface area contributed by atoms with Gasteiger partial charge in [-0.15, -0.1) is 0 Å². The zero-order valence-corrected chi connectivity index (χ0v) is 18.1. The van der Waals surface area contributed by atoms with E-state index in [0.717, 1.165) is 66.5 Å². The van der Waals surface area contributed by atoms with Crippen LogP contribution in [0.25, 0.3) is 10.2 Å². The number of amides is 1. The second kappa shape index (κ2) is 8.26. The Kier molecular flexibility index (Phi) is 5.34. The zero-order chi connectivity index (χ0) is 20.5. The molecule has 2 aliphatic rings. The van der Waals surface area contributed by atoms with E-state index in [9.17, 15) is 4.79 Å². The van der Waals surface area contributed by atoms with E-state index in [2.05, 4.69) is 40.1 Å². The maximum Gasteiger partial charge on any atom is 0.229 e. The smallest absolute Gasteiger partial charge is 0.229 e. The number of nitrogens with zero attached hydrogens (tertiary/aromatic N) is 3. The predicted molar refractivity (Wildman–Crippen MR) is 121 cm³/mol. The number of benzene rings is 2. The molecule has 2 aliphatic heterocycles. The van der Waals surface area contributed by atoms with Gasteiger partial charge in [-0.3, -0.25) is 4.79 Å². The molecule has 3 heterocycles. The highest BCUT2D eigenvalue weighted by molar-refractivity contribution is 7.22. The molecule has 1 aromatic heterocycles. The number of aromatic nitrogens is 1. The van der Waals surface area contributed by atoms with Crippen LogP contribution in [-0.4, -0.2) is 49.1 Å². The Balaban J connectivity index is 1.13. The number of fused-ring (bicyclic) bond motifs is 1. The molecule has 0 bridgehead atoms. The number of rotatable bonds is 5. The number of hydrogen-bond acceptors (Lipinski definition) is 5. The van der Waals surface area contributed by atoms with Gasteiger partial charge in [0, 0.05) is 26.2 Å². The summed E-state index contributed by atoms with van der Waals surface area (Å²) in [4.78, 5) is 22.0. The minimum Gasteiger partial charge on any atom is -0.497 e. The Hall–Kier alpha value is -2.60. The van der Waals surface area contributed by atoms with Crippen LogP contribution < -0.4 is 9.64 Å². The fourth-order valence-electron chi connectivity index (χ4n) is 4.51. The first-order chi connectivity index (χ1) is 14.7. The number of likely N-dealkylation sites (tertiary alicyclic amines) is 1. The average Bonchev–Trinajstić information content (AvgIpc) is 3.16. The molecule has 0 radical (unpaired) electrons. The van der Waals surface area contributed by atoms with Crippen LogP contribution in [0.4, 0.5) is 5.13 Å². The first-order valence-corrected chi connectivity index (χ1v) is 11.5. The van der Waals surface area contributed by atoms with Gasteiger partial charge in [0.25, 0.3) is 0 Å². The molecule has 0 spiro atoms. The Morgan fingerprint density at radius 3 is 2.63 bits per heavy atom. The van der Waals surface area contributed by atoms with Gasteiger partial charge in [-0.05, 0) is 48.9 Å². The molecule has 0 saturated carbocycles. The molecule has 3 aromatic rings. The van der Waals surface area contributed by atoms with Gasteiger partial charge in [-0.1, -0.05) is 41.7 Å². The topological polar surface area (TPSA) is 45.7 Å². The van der Waals surface area contributed by atoms with Gasteiger partial charge in [-0.2, -0.15) is 0 Å². The van der Waals surface area contributed by atoms with Crippen LogP contribution in [0.2, 0.25) is 0 Å². The van der Waals surface area contributed by atoms with Crippen molar-refractivity contribution in [2.24, 2.45) is 11.8 Å². The number of carbonyl (C=O) groups is 1. The van der Waals surface area contributed by atoms with Crippen LogP contribution in [0, 0.1) is 11.8 Å². The third-order valence-electron chi connectivity index (χ3n) is 6.38. The maximum atomic E-state index is 12.9. The van der Waals surface area contributed by atoms with Gasteiger partial charge in [0.1, 0.15) is 5.75 Å². The molecule has 2 fully saturated rings. The Labute approximate surface area is 181 Å². The van der Waals surface area contributed by atoms with Crippen LogP contribution in [0.3, 0.4) is 0 Å². The van der Waals surface area contributed by atoms with E-state index in [1.165, 1.54) is 5.56 Å². The lowest BCUT2D eigenvalue weighted by molar-refractivity contribution is -0.137. The van der Waals surface area contributed by atoms with Gasteiger partial charge >= 0.3 is 0 Å². The second-order valence-corrected chi connectivity index (χ2v) is 9.40. The molecule has 2 aromatic carbocycles. The monoisotopic (exact) mass is 421 g/mol. The fraction of sp³-hybridized carbons (Fsp3) is 0.417. The third kappa shape index (κ3) is 3.88. The van der Waals surface area contributed by atoms with Crippen LogP contribution in [0.5, 0.6) is 5.75 Å². The fourth-order valence-corrected chi connectivity index (χ4v) is 5.52. The van der Waals surface area contributed by atoms with Crippen molar-refractivity contribution < 1.29 is 9.53 Å². The normalized spacial score (nSPS) is 17.9. The number of hydrogen-bond donors (Lipinski definition) is 0. The lowest BCUT2D eigenvalue weighted by Gasteiger charge is -2.42. The summed E-state index contributed by atoms with van der Waals surface area (Å²) in [6.45, 7) is 3.35. The van der Waals surface area contributed by atoms with Crippen molar-refractivity contribution in [2.75, 3.05) is 38.2 Å². The molecular formula is C24H27N3O2S. The number of piperidine rings is 1. The van der Waals surface area contributed by atoms with Gasteiger partial charge < -0.3 is 14.5 Å². The van der Waals surface area contributed by atoms with Gasteiger partial charge in [-0.25, -0.2) is 4.98 Å². The summed E-state index contributed by atoms with van der Waals surface area (Å²) in [7, 11) is 1.68. The summed E-state index contributed by atoms with van der Waals surface area (Å²) >= 11 is 1.67. The molecule has 0 N–H and O–H groups in total. The molecule has 0 unspecified atom stereocenters. The van der Waals surface area contributed by atoms with Crippen molar-refractivity contribution in [3.63, 3.8) is 0 Å². The summed E-state index contributed by atoms with van der Waals surface area (Å²) in [5.41, 5.74) is 2.40. The standard InChI is InChI=1S/C24H27N3O2S/c1-29-20-7-8-21-22(14-20)30-24(25-21)27-15-19(16-27)23(28)26-11-9-18(10-12-26)13-17-5-3-2-4-6-17/h2-8,14,18-19H,9-13,15-16H2,1H3. The van der Waals surface area contributed by atoms with Crippen molar-refractivity contribution in [3.8, 4) is 5.75 Å². The maximum absolute atomic E-state index is 12.9. The Morgan fingerprint density at radius 1 is 1.13 bits per heavy atom. The summed E-state index contributed by atoms with van der Waals surface area (Å²) in [6, 6.07) is 16.7. The van der Waals surface area contributed by atoms with E-state index in [1.54, 1.807) is 18.4 Å². The molecular weight excluding hydrogens is 394 g/mol. The van der Waals surface area contributed by atoms with Crippen LogP contribution in [0.15, 0.2) is 48.5 Å². The van der Waals surface area contributed by atoms with E-state index in [-0.39, 0.29) is 5.92 Å². The van der Waals surface area contributed by atoms with Crippen molar-refractivity contribution >= 4 is 32.6 Å². The third-order valence-corrected chi connectivity index (χ3v) is 7.46. The van der Waals surface area contributed by atoms with E-state index < -0.39 is 0 Å². The lowest BCUT2D eigenvalue weighted by atomic mass is 9.89. The van der Waals surface area contributed by atoms with E-state index >= 15 is 0 Å². The van der Waals surface area contributed by atoms with Crippen molar-refractivity contribution in [1.29, 1.82) is 0 Å². The number of carbonyl (C=O) groups excluding carboxylic acids is 1. The van der Waals surface area contributed by atoms with Crippen LogP contribution >= 0.6 is 11.3 Å². The molecule has 30 heavy (non-hydrogen) atoms. The summed E-state index contributed by atoms with van der Waals surface area (Å²) < 4.78 is 6.43. The van der Waals surface area contributed by atoms with Gasteiger partial charge in [0.05, 0.1) is 23.2 Å². The highest BCUT2D eigenvalue weighted by Gasteiger charge is 2.37. The average molecular weight is 422 g/mol. The summed E-state index contributed by atoms with van der Waals surface area (Å²) in [5, 5.41) is 1.00. The number of methoxy groups -OCH3 is 1. The minimum absolute atomic E-state index is 0.109. The van der Waals surface area contributed by atoms with Crippen LogP contribution in [0.1, 0.15) is 18.4 Å². The molecule has 6 heteroatoms. The van der Waals surface area contributed by atoms with E-state index in [4.69, 9.17) is 9.72 Å². The van der Waals surface area contributed by atoms with Crippen molar-refractivity contribution in [2.45, 2.75) is 19.3 Å². The second-order valence-electron chi connectivity index (χ2n) is 8.39. The summed E-state index contributed by atoms with van der Waals surface area (Å²) in [5.74, 6) is 1.98. The molecule has 5 rings (SSSR count). The zero-order valence-electron chi connectivity index (χ0n) is 17.3. The number of anilines is 1. The molecule has 2 saturated heterocycles. The number of thiazole rings is 1. The largest absolute Gasteiger partial charge is 0.497 e. The van der Waals surface area contributed by atoms with E-state index in [1.807, 2.05) is 18.2 Å². The lowest BCUT2D eigenvalue weighted by Crippen LogP contribution is -2.55. The SMILES string of the molecule is COc1ccc2nc(N3CC(C(=O)N4CCC(Cc5ccccc5)CC4)C3)sc2c1. The van der Waals surface area contributed by atoms with E-state index in [0.29, 0.717) is 11.8 Å².